The fourth-order valence-electron chi connectivity index (χ4n) is 1.77. The third kappa shape index (κ3) is 3.40. The summed E-state index contributed by atoms with van der Waals surface area (Å²) in [5, 5.41) is 12.8. The number of rotatable bonds is 5. The summed E-state index contributed by atoms with van der Waals surface area (Å²) in [7, 11) is 0. The minimum Gasteiger partial charge on any atom is -0.478 e. The molecule has 0 amide bonds. The first kappa shape index (κ1) is 14.2. The van der Waals surface area contributed by atoms with Crippen LogP contribution in [0.5, 0.6) is 5.88 Å². The molecule has 20 heavy (non-hydrogen) atoms. The standard InChI is InChI=1S/C15H14ClN3O/c1-2-20-14-8-11(6-7-18-14)10-19-15-12(9-17)4-3-5-13(15)16/h3-8,19H,2,10H2,1H3. The average Bonchev–Trinajstić information content (AvgIpc) is 2.46. The van der Waals surface area contributed by atoms with Crippen molar-refractivity contribution in [2.45, 2.75) is 13.5 Å². The van der Waals surface area contributed by atoms with E-state index in [4.69, 9.17) is 21.6 Å². The van der Waals surface area contributed by atoms with Gasteiger partial charge in [0.15, 0.2) is 0 Å². The quantitative estimate of drug-likeness (QED) is 0.912. The van der Waals surface area contributed by atoms with Crippen LogP contribution in [0.4, 0.5) is 5.69 Å². The summed E-state index contributed by atoms with van der Waals surface area (Å²) < 4.78 is 5.35. The number of anilines is 1. The van der Waals surface area contributed by atoms with Gasteiger partial charge in [-0.2, -0.15) is 5.26 Å². The van der Waals surface area contributed by atoms with E-state index in [9.17, 15) is 0 Å². The molecular formula is C15H14ClN3O. The van der Waals surface area contributed by atoms with Crippen LogP contribution in [-0.2, 0) is 6.54 Å². The Balaban J connectivity index is 2.13. The molecule has 4 nitrogen and oxygen atoms in total. The van der Waals surface area contributed by atoms with Gasteiger partial charge >= 0.3 is 0 Å². The zero-order valence-electron chi connectivity index (χ0n) is 11.1. The molecule has 2 aromatic rings. The molecule has 0 fully saturated rings. The summed E-state index contributed by atoms with van der Waals surface area (Å²) in [6, 6.07) is 11.1. The molecule has 1 aromatic heterocycles. The van der Waals surface area contributed by atoms with Gasteiger partial charge in [0.2, 0.25) is 5.88 Å². The topological polar surface area (TPSA) is 57.9 Å². The molecule has 0 aliphatic heterocycles. The van der Waals surface area contributed by atoms with Crippen LogP contribution in [0.25, 0.3) is 0 Å². The Hall–Kier alpha value is -2.25. The Morgan fingerprint density at radius 2 is 2.25 bits per heavy atom. The molecule has 0 aliphatic rings. The Kier molecular flexibility index (Phi) is 4.80. The summed E-state index contributed by atoms with van der Waals surface area (Å²) in [6.07, 6.45) is 1.69. The first-order valence-electron chi connectivity index (χ1n) is 6.24. The van der Waals surface area contributed by atoms with Gasteiger partial charge in [-0.3, -0.25) is 0 Å². The third-order valence-electron chi connectivity index (χ3n) is 2.69. The zero-order valence-corrected chi connectivity index (χ0v) is 11.8. The van der Waals surface area contributed by atoms with Crippen LogP contribution in [0.2, 0.25) is 5.02 Å². The normalized spacial score (nSPS) is 9.85. The van der Waals surface area contributed by atoms with Crippen molar-refractivity contribution in [3.63, 3.8) is 0 Å². The highest BCUT2D eigenvalue weighted by Crippen LogP contribution is 2.26. The molecule has 1 N–H and O–H groups in total. The predicted molar refractivity (Wildman–Crippen MR) is 78.9 cm³/mol. The molecule has 0 spiro atoms. The van der Waals surface area contributed by atoms with E-state index in [0.717, 1.165) is 5.56 Å². The van der Waals surface area contributed by atoms with Crippen LogP contribution in [-0.4, -0.2) is 11.6 Å². The summed E-state index contributed by atoms with van der Waals surface area (Å²) in [6.45, 7) is 3.03. The van der Waals surface area contributed by atoms with Crippen LogP contribution < -0.4 is 10.1 Å². The molecule has 5 heteroatoms. The Labute approximate surface area is 123 Å². The molecule has 0 bridgehead atoms. The van der Waals surface area contributed by atoms with Crippen LogP contribution in [0.3, 0.4) is 0 Å². The van der Waals surface area contributed by atoms with Crippen molar-refractivity contribution < 1.29 is 4.74 Å². The van der Waals surface area contributed by atoms with E-state index < -0.39 is 0 Å². The van der Waals surface area contributed by atoms with Crippen molar-refractivity contribution >= 4 is 17.3 Å². The number of nitrogens with zero attached hydrogens (tertiary/aromatic N) is 2. The minimum atomic E-state index is 0.525. The van der Waals surface area contributed by atoms with Crippen LogP contribution >= 0.6 is 11.6 Å². The highest BCUT2D eigenvalue weighted by Gasteiger charge is 2.06. The summed E-state index contributed by atoms with van der Waals surface area (Å²) in [4.78, 5) is 4.11. The van der Waals surface area contributed by atoms with Gasteiger partial charge in [0.25, 0.3) is 0 Å². The second kappa shape index (κ2) is 6.78. The summed E-state index contributed by atoms with van der Waals surface area (Å²) >= 11 is 6.10. The largest absolute Gasteiger partial charge is 0.478 e. The molecule has 1 heterocycles. The second-order valence-corrected chi connectivity index (χ2v) is 4.47. The average molecular weight is 288 g/mol. The molecule has 0 saturated carbocycles. The van der Waals surface area contributed by atoms with E-state index in [1.54, 1.807) is 24.4 Å². The fourth-order valence-corrected chi connectivity index (χ4v) is 2.02. The molecule has 0 radical (unpaired) electrons. The van der Waals surface area contributed by atoms with Crippen molar-refractivity contribution in [1.29, 1.82) is 5.26 Å². The van der Waals surface area contributed by atoms with Gasteiger partial charge in [-0.25, -0.2) is 4.98 Å². The lowest BCUT2D eigenvalue weighted by atomic mass is 10.2. The number of nitriles is 1. The van der Waals surface area contributed by atoms with Crippen molar-refractivity contribution in [3.8, 4) is 11.9 Å². The first-order chi connectivity index (χ1) is 9.74. The van der Waals surface area contributed by atoms with Gasteiger partial charge in [-0.15, -0.1) is 0 Å². The smallest absolute Gasteiger partial charge is 0.213 e. The predicted octanol–water partition coefficient (Wildman–Crippen LogP) is 3.62. The van der Waals surface area contributed by atoms with Gasteiger partial charge in [0.1, 0.15) is 6.07 Å². The molecule has 0 unspecified atom stereocenters. The number of hydrogen-bond donors (Lipinski definition) is 1. The Bertz CT molecular complexity index is 637. The molecule has 0 saturated heterocycles. The number of hydrogen-bond acceptors (Lipinski definition) is 4. The highest BCUT2D eigenvalue weighted by atomic mass is 35.5. The Morgan fingerprint density at radius 1 is 1.40 bits per heavy atom. The number of aromatic nitrogens is 1. The van der Waals surface area contributed by atoms with E-state index in [1.807, 2.05) is 19.1 Å². The Morgan fingerprint density at radius 3 is 3.00 bits per heavy atom. The van der Waals surface area contributed by atoms with Crippen molar-refractivity contribution in [1.82, 2.24) is 4.98 Å². The number of para-hydroxylation sites is 1. The van der Waals surface area contributed by atoms with Crippen molar-refractivity contribution in [2.24, 2.45) is 0 Å². The maximum absolute atomic E-state index is 9.08. The van der Waals surface area contributed by atoms with Crippen LogP contribution in [0.1, 0.15) is 18.1 Å². The van der Waals surface area contributed by atoms with Crippen LogP contribution in [0.15, 0.2) is 36.5 Å². The van der Waals surface area contributed by atoms with E-state index >= 15 is 0 Å². The number of nitrogens with one attached hydrogen (secondary N) is 1. The first-order valence-corrected chi connectivity index (χ1v) is 6.62. The van der Waals surface area contributed by atoms with Gasteiger partial charge in [0.05, 0.1) is 22.9 Å². The minimum absolute atomic E-state index is 0.525. The number of benzene rings is 1. The molecule has 102 valence electrons. The van der Waals surface area contributed by atoms with E-state index in [1.165, 1.54) is 0 Å². The fraction of sp³-hybridized carbons (Fsp3) is 0.200. The molecule has 2 rings (SSSR count). The lowest BCUT2D eigenvalue weighted by Gasteiger charge is -2.10. The van der Waals surface area contributed by atoms with Gasteiger partial charge in [0, 0.05) is 18.8 Å². The van der Waals surface area contributed by atoms with E-state index in [-0.39, 0.29) is 0 Å². The third-order valence-corrected chi connectivity index (χ3v) is 3.01. The van der Waals surface area contributed by atoms with Crippen molar-refractivity contribution in [3.05, 3.63) is 52.7 Å². The molecular weight excluding hydrogens is 274 g/mol. The lowest BCUT2D eigenvalue weighted by Crippen LogP contribution is -2.03. The molecule has 0 atom stereocenters. The van der Waals surface area contributed by atoms with E-state index in [2.05, 4.69) is 16.4 Å². The number of pyridine rings is 1. The van der Waals surface area contributed by atoms with Crippen molar-refractivity contribution in [2.75, 3.05) is 11.9 Å². The van der Waals surface area contributed by atoms with Crippen LogP contribution in [0, 0.1) is 11.3 Å². The summed E-state index contributed by atoms with van der Waals surface area (Å²) in [5.74, 6) is 0.589. The van der Waals surface area contributed by atoms with E-state index in [0.29, 0.717) is 35.3 Å². The van der Waals surface area contributed by atoms with Gasteiger partial charge < -0.3 is 10.1 Å². The molecule has 0 aliphatic carbocycles. The zero-order chi connectivity index (χ0) is 14.4. The monoisotopic (exact) mass is 287 g/mol. The maximum Gasteiger partial charge on any atom is 0.213 e. The second-order valence-electron chi connectivity index (χ2n) is 4.06. The number of halogens is 1. The SMILES string of the molecule is CCOc1cc(CNc2c(Cl)cccc2C#N)ccn1. The maximum atomic E-state index is 9.08. The van der Waals surface area contributed by atoms with Gasteiger partial charge in [-0.05, 0) is 30.7 Å². The number of ether oxygens (including phenoxy) is 1. The highest BCUT2D eigenvalue weighted by molar-refractivity contribution is 6.33. The molecule has 1 aromatic carbocycles. The van der Waals surface area contributed by atoms with Gasteiger partial charge in [-0.1, -0.05) is 17.7 Å². The lowest BCUT2D eigenvalue weighted by molar-refractivity contribution is 0.326. The summed E-state index contributed by atoms with van der Waals surface area (Å²) in [5.41, 5.74) is 2.18.